The number of hydrogen-bond donors (Lipinski definition) is 0. The van der Waals surface area contributed by atoms with Gasteiger partial charge in [-0.2, -0.15) is 5.10 Å². The van der Waals surface area contributed by atoms with Gasteiger partial charge in [0.1, 0.15) is 17.2 Å². The summed E-state index contributed by atoms with van der Waals surface area (Å²) in [5, 5.41) is 5.75. The topological polar surface area (TPSA) is 66.1 Å². The Balaban J connectivity index is 1.83. The molecule has 0 unspecified atom stereocenters. The van der Waals surface area contributed by atoms with Crippen LogP contribution in [0.1, 0.15) is 35.5 Å². The van der Waals surface area contributed by atoms with Gasteiger partial charge in [-0.05, 0) is 50.1 Å². The zero-order chi connectivity index (χ0) is 18.8. The Morgan fingerprint density at radius 1 is 1.19 bits per heavy atom. The fraction of sp³-hybridized carbons (Fsp3) is 0.350. The first-order valence-electron chi connectivity index (χ1n) is 8.63. The van der Waals surface area contributed by atoms with Crippen LogP contribution in [-0.4, -0.2) is 29.5 Å². The van der Waals surface area contributed by atoms with E-state index >= 15 is 0 Å². The molecule has 6 heteroatoms. The normalized spacial score (nSPS) is 14.4. The van der Waals surface area contributed by atoms with Gasteiger partial charge in [-0.15, -0.1) is 0 Å². The van der Waals surface area contributed by atoms with Gasteiger partial charge in [0, 0.05) is 19.9 Å². The highest BCUT2D eigenvalue weighted by Crippen LogP contribution is 2.25. The third-order valence-corrected chi connectivity index (χ3v) is 4.41. The molecule has 0 aliphatic carbocycles. The number of furan rings is 1. The summed E-state index contributed by atoms with van der Waals surface area (Å²) in [6.45, 7) is 6.12. The Labute approximate surface area is 153 Å². The van der Waals surface area contributed by atoms with Gasteiger partial charge < -0.3 is 9.32 Å². The summed E-state index contributed by atoms with van der Waals surface area (Å²) in [5.41, 5.74) is 3.10. The highest BCUT2D eigenvalue weighted by molar-refractivity contribution is 6.40. The molecule has 0 saturated carbocycles. The summed E-state index contributed by atoms with van der Waals surface area (Å²) >= 11 is 0. The van der Waals surface area contributed by atoms with Crippen LogP contribution in [0.5, 0.6) is 0 Å². The van der Waals surface area contributed by atoms with Crippen LogP contribution in [-0.2, 0) is 16.1 Å². The lowest BCUT2D eigenvalue weighted by molar-refractivity contribution is -0.123. The molecule has 1 aliphatic heterocycles. The lowest BCUT2D eigenvalue weighted by Gasteiger charge is -2.26. The van der Waals surface area contributed by atoms with E-state index in [1.165, 1.54) is 5.01 Å². The van der Waals surface area contributed by atoms with Gasteiger partial charge in [0.2, 0.25) is 5.91 Å². The van der Waals surface area contributed by atoms with Crippen molar-refractivity contribution < 1.29 is 14.0 Å². The first-order valence-corrected chi connectivity index (χ1v) is 8.63. The minimum atomic E-state index is -0.193. The Bertz CT molecular complexity index is 882. The monoisotopic (exact) mass is 353 g/mol. The summed E-state index contributed by atoms with van der Waals surface area (Å²) in [7, 11) is 1.71. The third-order valence-electron chi connectivity index (χ3n) is 4.41. The molecule has 6 nitrogen and oxygen atoms in total. The molecule has 0 atom stereocenters. The average molecular weight is 353 g/mol. The van der Waals surface area contributed by atoms with E-state index < -0.39 is 0 Å². The van der Waals surface area contributed by atoms with E-state index in [2.05, 4.69) is 5.10 Å². The Morgan fingerprint density at radius 2 is 1.96 bits per heavy atom. The van der Waals surface area contributed by atoms with E-state index in [4.69, 9.17) is 4.42 Å². The zero-order valence-corrected chi connectivity index (χ0v) is 15.6. The lowest BCUT2D eigenvalue weighted by atomic mass is 10.1. The largest absolute Gasteiger partial charge is 0.464 e. The number of benzene rings is 1. The maximum absolute atomic E-state index is 12.8. The van der Waals surface area contributed by atoms with Gasteiger partial charge in [0.15, 0.2) is 0 Å². The van der Waals surface area contributed by atoms with Crippen molar-refractivity contribution in [2.24, 2.45) is 5.10 Å². The number of hydrogen-bond acceptors (Lipinski definition) is 4. The van der Waals surface area contributed by atoms with Crippen molar-refractivity contribution in [3.8, 4) is 0 Å². The predicted molar refractivity (Wildman–Crippen MR) is 100.0 cm³/mol. The fourth-order valence-electron chi connectivity index (χ4n) is 2.94. The first kappa shape index (κ1) is 17.9. The number of amides is 2. The number of carbonyl (C=O) groups is 2. The molecule has 1 aromatic heterocycles. The lowest BCUT2D eigenvalue weighted by Crippen LogP contribution is -2.40. The highest BCUT2D eigenvalue weighted by atomic mass is 16.3. The van der Waals surface area contributed by atoms with Gasteiger partial charge in [-0.1, -0.05) is 12.1 Å². The Kier molecular flexibility index (Phi) is 4.93. The number of anilines is 1. The van der Waals surface area contributed by atoms with Crippen LogP contribution >= 0.6 is 0 Å². The molecule has 1 aromatic carbocycles. The minimum absolute atomic E-state index is 0.0976. The zero-order valence-electron chi connectivity index (χ0n) is 15.6. The molecule has 0 saturated heterocycles. The molecule has 0 bridgehead atoms. The number of nitrogens with zero attached hydrogens (tertiary/aromatic N) is 3. The van der Waals surface area contributed by atoms with E-state index in [9.17, 15) is 9.59 Å². The summed E-state index contributed by atoms with van der Waals surface area (Å²) < 4.78 is 5.53. The van der Waals surface area contributed by atoms with Crippen molar-refractivity contribution in [3.63, 3.8) is 0 Å². The SMILES string of the molecule is Cc1ccc(C)c(N2N=C(C(=O)N(C)Cc3ccc(C)o3)CCC2=O)c1. The van der Waals surface area contributed by atoms with E-state index in [1.54, 1.807) is 11.9 Å². The number of aryl methyl sites for hydroxylation is 3. The van der Waals surface area contributed by atoms with Crippen LogP contribution in [0.3, 0.4) is 0 Å². The van der Waals surface area contributed by atoms with Crippen LogP contribution in [0.25, 0.3) is 0 Å². The van der Waals surface area contributed by atoms with Gasteiger partial charge >= 0.3 is 0 Å². The van der Waals surface area contributed by atoms with Crippen molar-refractivity contribution in [1.29, 1.82) is 0 Å². The second kappa shape index (κ2) is 7.15. The average Bonchev–Trinajstić information content (AvgIpc) is 3.02. The quantitative estimate of drug-likeness (QED) is 0.847. The van der Waals surface area contributed by atoms with E-state index in [0.29, 0.717) is 18.7 Å². The van der Waals surface area contributed by atoms with Crippen LogP contribution < -0.4 is 5.01 Å². The first-order chi connectivity index (χ1) is 12.3. The molecular formula is C20H23N3O3. The van der Waals surface area contributed by atoms with Crippen LogP contribution in [0.15, 0.2) is 39.9 Å². The fourth-order valence-corrected chi connectivity index (χ4v) is 2.94. The highest BCUT2D eigenvalue weighted by Gasteiger charge is 2.28. The maximum atomic E-state index is 12.8. The molecule has 0 N–H and O–H groups in total. The van der Waals surface area contributed by atoms with Gasteiger partial charge in [0.25, 0.3) is 5.91 Å². The molecule has 2 amide bonds. The number of hydrazone groups is 1. The van der Waals surface area contributed by atoms with Crippen LogP contribution in [0.4, 0.5) is 5.69 Å². The molecule has 26 heavy (non-hydrogen) atoms. The summed E-state index contributed by atoms with van der Waals surface area (Å²) in [5.74, 6) is 1.24. The molecule has 2 aromatic rings. The summed E-state index contributed by atoms with van der Waals surface area (Å²) in [4.78, 5) is 26.7. The molecule has 0 fully saturated rings. The van der Waals surface area contributed by atoms with E-state index in [1.807, 2.05) is 51.1 Å². The van der Waals surface area contributed by atoms with Crippen LogP contribution in [0.2, 0.25) is 0 Å². The molecule has 136 valence electrons. The van der Waals surface area contributed by atoms with Crippen molar-refractivity contribution in [2.75, 3.05) is 12.1 Å². The number of rotatable bonds is 4. The molecule has 2 heterocycles. The van der Waals surface area contributed by atoms with Crippen LogP contribution in [0, 0.1) is 20.8 Å². The standard InChI is InChI=1S/C20H23N3O3/c1-13-5-6-14(2)18(11-13)23-19(24)10-9-17(21-23)20(25)22(4)12-16-8-7-15(3)26-16/h5-8,11H,9-10,12H2,1-4H3. The van der Waals surface area contributed by atoms with Gasteiger partial charge in [0.05, 0.1) is 12.2 Å². The number of carbonyl (C=O) groups excluding carboxylic acids is 2. The molecular weight excluding hydrogens is 330 g/mol. The van der Waals surface area contributed by atoms with Gasteiger partial charge in [-0.3, -0.25) is 9.59 Å². The molecule has 1 aliphatic rings. The van der Waals surface area contributed by atoms with E-state index in [0.717, 1.165) is 28.3 Å². The molecule has 0 spiro atoms. The summed E-state index contributed by atoms with van der Waals surface area (Å²) in [6, 6.07) is 9.58. The van der Waals surface area contributed by atoms with Crippen molar-refractivity contribution in [1.82, 2.24) is 4.90 Å². The predicted octanol–water partition coefficient (Wildman–Crippen LogP) is 3.35. The maximum Gasteiger partial charge on any atom is 0.270 e. The van der Waals surface area contributed by atoms with Crippen molar-refractivity contribution in [2.45, 2.75) is 40.2 Å². The molecule has 3 rings (SSSR count). The second-order valence-corrected chi connectivity index (χ2v) is 6.72. The third kappa shape index (κ3) is 3.69. The van der Waals surface area contributed by atoms with Crippen molar-refractivity contribution in [3.05, 3.63) is 53.0 Å². The summed E-state index contributed by atoms with van der Waals surface area (Å²) in [6.07, 6.45) is 0.617. The second-order valence-electron chi connectivity index (χ2n) is 6.72. The van der Waals surface area contributed by atoms with E-state index in [-0.39, 0.29) is 18.2 Å². The Morgan fingerprint density at radius 3 is 2.65 bits per heavy atom. The Hall–Kier alpha value is -2.89. The van der Waals surface area contributed by atoms with Gasteiger partial charge in [-0.25, -0.2) is 5.01 Å². The molecule has 0 radical (unpaired) electrons. The minimum Gasteiger partial charge on any atom is -0.464 e. The van der Waals surface area contributed by atoms with Crippen molar-refractivity contribution >= 4 is 23.2 Å². The smallest absolute Gasteiger partial charge is 0.270 e.